The Hall–Kier alpha value is -2.31. The quantitative estimate of drug-likeness (QED) is 0.681. The first kappa shape index (κ1) is 14.7. The molecule has 0 aliphatic heterocycles. The van der Waals surface area contributed by atoms with Crippen molar-refractivity contribution in [1.82, 2.24) is 9.88 Å². The van der Waals surface area contributed by atoms with E-state index in [1.165, 1.54) is 19.9 Å². The van der Waals surface area contributed by atoms with Crippen molar-refractivity contribution in [3.05, 3.63) is 27.5 Å². The molecule has 0 spiro atoms. The van der Waals surface area contributed by atoms with Crippen molar-refractivity contribution >= 4 is 11.8 Å². The van der Waals surface area contributed by atoms with E-state index in [1.54, 1.807) is 6.92 Å². The summed E-state index contributed by atoms with van der Waals surface area (Å²) in [6, 6.07) is 0.923. The average molecular weight is 267 g/mol. The van der Waals surface area contributed by atoms with E-state index in [0.717, 1.165) is 4.57 Å². The number of amides is 2. The maximum Gasteiger partial charge on any atom is 0.266 e. The van der Waals surface area contributed by atoms with Gasteiger partial charge in [0.1, 0.15) is 5.56 Å². The molecule has 7 heteroatoms. The Morgan fingerprint density at radius 2 is 2.11 bits per heavy atom. The first-order valence-electron chi connectivity index (χ1n) is 5.74. The van der Waals surface area contributed by atoms with Crippen molar-refractivity contribution in [2.45, 2.75) is 33.4 Å². The molecule has 2 amide bonds. The smallest absolute Gasteiger partial charge is 0.266 e. The first-order valence-corrected chi connectivity index (χ1v) is 5.74. The van der Waals surface area contributed by atoms with E-state index in [2.05, 4.69) is 5.32 Å². The molecule has 7 nitrogen and oxygen atoms in total. The van der Waals surface area contributed by atoms with Gasteiger partial charge in [-0.25, -0.2) is 0 Å². The summed E-state index contributed by atoms with van der Waals surface area (Å²) in [6.07, 6.45) is 0. The molecule has 0 radical (unpaired) electrons. The monoisotopic (exact) mass is 267 g/mol. The van der Waals surface area contributed by atoms with Gasteiger partial charge in [-0.2, -0.15) is 0 Å². The Balaban J connectivity index is 3.22. The number of aryl methyl sites for hydroxylation is 1. The van der Waals surface area contributed by atoms with Crippen LogP contribution in [-0.4, -0.2) is 27.5 Å². The van der Waals surface area contributed by atoms with E-state index < -0.39 is 11.5 Å². The molecule has 0 bridgehead atoms. The number of rotatable bonds is 4. The van der Waals surface area contributed by atoms with Crippen LogP contribution in [0.4, 0.5) is 0 Å². The second-order valence-electron chi connectivity index (χ2n) is 4.44. The number of hydrogen-bond donors (Lipinski definition) is 3. The number of pyridine rings is 1. The van der Waals surface area contributed by atoms with Gasteiger partial charge in [-0.3, -0.25) is 19.0 Å². The maximum atomic E-state index is 12.1. The Morgan fingerprint density at radius 1 is 1.53 bits per heavy atom. The average Bonchev–Trinajstić information content (AvgIpc) is 2.22. The molecule has 0 aromatic carbocycles. The lowest BCUT2D eigenvalue weighted by molar-refractivity contribution is -0.119. The zero-order valence-electron chi connectivity index (χ0n) is 11.1. The molecule has 1 atom stereocenters. The van der Waals surface area contributed by atoms with Crippen LogP contribution >= 0.6 is 0 Å². The topological polar surface area (TPSA) is 114 Å². The summed E-state index contributed by atoms with van der Waals surface area (Å²) >= 11 is 0. The minimum absolute atomic E-state index is 0.0464. The number of carbonyl (C=O) groups excluding carboxylic acids is 2. The van der Waals surface area contributed by atoms with E-state index in [9.17, 15) is 19.5 Å². The molecule has 1 unspecified atom stereocenters. The lowest BCUT2D eigenvalue weighted by Crippen LogP contribution is -2.39. The Morgan fingerprint density at radius 3 is 2.58 bits per heavy atom. The Bertz CT molecular complexity index is 577. The van der Waals surface area contributed by atoms with Gasteiger partial charge in [-0.1, -0.05) is 0 Å². The molecule has 1 aromatic heterocycles. The summed E-state index contributed by atoms with van der Waals surface area (Å²) in [5, 5.41) is 12.3. The highest BCUT2D eigenvalue weighted by Gasteiger charge is 2.17. The summed E-state index contributed by atoms with van der Waals surface area (Å²) in [7, 11) is 0. The van der Waals surface area contributed by atoms with E-state index in [1.807, 2.05) is 0 Å². The molecule has 19 heavy (non-hydrogen) atoms. The SMILES string of the molecule is CC(=O)NC(C)Cn1c(O)cc(C)c(C(N)=O)c1=O. The minimum Gasteiger partial charge on any atom is -0.494 e. The first-order chi connectivity index (χ1) is 8.73. The zero-order valence-corrected chi connectivity index (χ0v) is 11.1. The van der Waals surface area contributed by atoms with Gasteiger partial charge in [-0.05, 0) is 19.4 Å². The van der Waals surface area contributed by atoms with Crippen LogP contribution in [0.1, 0.15) is 29.8 Å². The Kier molecular flexibility index (Phi) is 4.31. The lowest BCUT2D eigenvalue weighted by Gasteiger charge is -2.16. The van der Waals surface area contributed by atoms with Crippen LogP contribution in [0.25, 0.3) is 0 Å². The molecule has 1 heterocycles. The largest absolute Gasteiger partial charge is 0.494 e. The van der Waals surface area contributed by atoms with Gasteiger partial charge in [0.05, 0.1) is 0 Å². The molecular formula is C12H17N3O4. The summed E-state index contributed by atoms with van der Waals surface area (Å²) in [4.78, 5) is 34.2. The number of nitrogens with one attached hydrogen (secondary N) is 1. The van der Waals surface area contributed by atoms with E-state index >= 15 is 0 Å². The molecule has 0 saturated heterocycles. The van der Waals surface area contributed by atoms with Crippen molar-refractivity contribution < 1.29 is 14.7 Å². The predicted octanol–water partition coefficient (Wildman–Crippen LogP) is -0.514. The number of primary amides is 1. The van der Waals surface area contributed by atoms with Crippen molar-refractivity contribution in [3.63, 3.8) is 0 Å². The van der Waals surface area contributed by atoms with E-state index in [0.29, 0.717) is 5.56 Å². The minimum atomic E-state index is -0.844. The van der Waals surface area contributed by atoms with Gasteiger partial charge in [0.25, 0.3) is 11.5 Å². The zero-order chi connectivity index (χ0) is 14.7. The number of aromatic nitrogens is 1. The number of aromatic hydroxyl groups is 1. The third-order valence-corrected chi connectivity index (χ3v) is 2.63. The molecule has 1 rings (SSSR count). The van der Waals surface area contributed by atoms with Crippen LogP contribution in [0.3, 0.4) is 0 Å². The van der Waals surface area contributed by atoms with Crippen molar-refractivity contribution in [2.24, 2.45) is 5.73 Å². The van der Waals surface area contributed by atoms with Gasteiger partial charge in [-0.15, -0.1) is 0 Å². The third kappa shape index (κ3) is 3.34. The van der Waals surface area contributed by atoms with Crippen LogP contribution in [0.2, 0.25) is 0 Å². The van der Waals surface area contributed by atoms with Gasteiger partial charge in [0.2, 0.25) is 5.91 Å². The summed E-state index contributed by atoms with van der Waals surface area (Å²) in [5.41, 5.74) is 4.64. The van der Waals surface area contributed by atoms with Crippen molar-refractivity contribution in [1.29, 1.82) is 0 Å². The second-order valence-corrected chi connectivity index (χ2v) is 4.44. The highest BCUT2D eigenvalue weighted by atomic mass is 16.3. The van der Waals surface area contributed by atoms with Gasteiger partial charge in [0, 0.05) is 25.6 Å². The number of carbonyl (C=O) groups is 2. The van der Waals surface area contributed by atoms with Gasteiger partial charge >= 0.3 is 0 Å². The third-order valence-electron chi connectivity index (χ3n) is 2.63. The van der Waals surface area contributed by atoms with Gasteiger partial charge in [0.15, 0.2) is 5.88 Å². The predicted molar refractivity (Wildman–Crippen MR) is 68.9 cm³/mol. The molecule has 0 aliphatic carbocycles. The Labute approximate surface area is 110 Å². The standard InChI is InChI=1S/C12H17N3O4/c1-6-4-9(17)15(5-7(2)14-8(3)16)12(19)10(6)11(13)18/h4,7,17H,5H2,1-3H3,(H2,13,18)(H,14,16). The summed E-state index contributed by atoms with van der Waals surface area (Å²) in [5.74, 6) is -1.37. The van der Waals surface area contributed by atoms with Crippen LogP contribution in [0.15, 0.2) is 10.9 Å². The molecule has 104 valence electrons. The fraction of sp³-hybridized carbons (Fsp3) is 0.417. The molecule has 0 aliphatic rings. The fourth-order valence-corrected chi connectivity index (χ4v) is 1.89. The molecule has 1 aromatic rings. The lowest BCUT2D eigenvalue weighted by atomic mass is 10.1. The number of nitrogens with zero attached hydrogens (tertiary/aromatic N) is 1. The second kappa shape index (κ2) is 5.55. The van der Waals surface area contributed by atoms with E-state index in [4.69, 9.17) is 5.73 Å². The van der Waals surface area contributed by atoms with Crippen molar-refractivity contribution in [2.75, 3.05) is 0 Å². The molecular weight excluding hydrogens is 250 g/mol. The number of nitrogens with two attached hydrogens (primary N) is 1. The van der Waals surface area contributed by atoms with Crippen LogP contribution in [-0.2, 0) is 11.3 Å². The highest BCUT2D eigenvalue weighted by Crippen LogP contribution is 2.12. The maximum absolute atomic E-state index is 12.1. The summed E-state index contributed by atoms with van der Waals surface area (Å²) in [6.45, 7) is 4.59. The normalized spacial score (nSPS) is 11.9. The highest BCUT2D eigenvalue weighted by molar-refractivity contribution is 5.93. The fourth-order valence-electron chi connectivity index (χ4n) is 1.89. The van der Waals surface area contributed by atoms with Gasteiger partial charge < -0.3 is 16.2 Å². The molecule has 0 saturated carbocycles. The van der Waals surface area contributed by atoms with Crippen LogP contribution in [0, 0.1) is 6.92 Å². The van der Waals surface area contributed by atoms with Crippen LogP contribution < -0.4 is 16.6 Å². The molecule has 0 fully saturated rings. The summed E-state index contributed by atoms with van der Waals surface area (Å²) < 4.78 is 1.01. The number of hydrogen-bond acceptors (Lipinski definition) is 4. The van der Waals surface area contributed by atoms with Crippen molar-refractivity contribution in [3.8, 4) is 5.88 Å². The van der Waals surface area contributed by atoms with Crippen LogP contribution in [0.5, 0.6) is 5.88 Å². The molecule has 4 N–H and O–H groups in total. The van der Waals surface area contributed by atoms with E-state index in [-0.39, 0.29) is 29.9 Å².